The van der Waals surface area contributed by atoms with Crippen molar-refractivity contribution in [2.45, 2.75) is 116 Å². The Labute approximate surface area is 239 Å². The first-order chi connectivity index (χ1) is 18.1. The number of nitrogens with zero attached hydrogens (tertiary/aromatic N) is 2. The number of amides is 1. The first-order valence-electron chi connectivity index (χ1n) is 15.5. The Hall–Kier alpha value is -0.700. The zero-order valence-corrected chi connectivity index (χ0v) is 26.5. The first-order valence-corrected chi connectivity index (χ1v) is 17.0. The molecule has 0 radical (unpaired) electrons. The lowest BCUT2D eigenvalue weighted by atomic mass is 10.0. The minimum atomic E-state index is -4.07. The summed E-state index contributed by atoms with van der Waals surface area (Å²) in [6.07, 6.45) is 21.6. The summed E-state index contributed by atoms with van der Waals surface area (Å²) in [4.78, 5) is 23.8. The van der Waals surface area contributed by atoms with E-state index >= 15 is 0 Å². The molecule has 1 rings (SSSR count). The monoisotopic (exact) mass is 580 g/mol. The van der Waals surface area contributed by atoms with Gasteiger partial charge in [0.2, 0.25) is 0 Å². The zero-order valence-electron chi connectivity index (χ0n) is 25.6. The molecule has 1 heterocycles. The second kappa shape index (κ2) is 22.9. The topological polar surface area (TPSA) is 115 Å². The van der Waals surface area contributed by atoms with Crippen LogP contribution in [-0.2, 0) is 18.3 Å². The van der Waals surface area contributed by atoms with E-state index in [1.54, 1.807) is 4.90 Å². The number of hydrogen-bond donors (Lipinski definition) is 1. The van der Waals surface area contributed by atoms with Crippen LogP contribution in [0.4, 0.5) is 4.79 Å². The highest BCUT2D eigenvalue weighted by atomic mass is 31.2. The quantitative estimate of drug-likeness (QED) is 0.0720. The van der Waals surface area contributed by atoms with E-state index in [0.717, 1.165) is 19.3 Å². The van der Waals surface area contributed by atoms with Gasteiger partial charge in [-0.15, -0.1) is 0 Å². The van der Waals surface area contributed by atoms with E-state index in [-0.39, 0.29) is 30.7 Å². The number of phosphoric acid groups is 1. The summed E-state index contributed by atoms with van der Waals surface area (Å²) in [6, 6.07) is 0. The van der Waals surface area contributed by atoms with E-state index < -0.39 is 7.82 Å². The summed E-state index contributed by atoms with van der Waals surface area (Å²) in [5.41, 5.74) is 0. The Morgan fingerprint density at radius 1 is 0.821 bits per heavy atom. The number of carbonyl (C=O) groups excluding carboxylic acids is 1. The van der Waals surface area contributed by atoms with Crippen molar-refractivity contribution in [1.82, 2.24) is 4.90 Å². The molecular weight excluding hydrogens is 519 g/mol. The van der Waals surface area contributed by atoms with Gasteiger partial charge in [0, 0.05) is 19.0 Å². The van der Waals surface area contributed by atoms with Crippen LogP contribution in [-0.4, -0.2) is 86.4 Å². The van der Waals surface area contributed by atoms with E-state index in [0.29, 0.717) is 30.7 Å². The van der Waals surface area contributed by atoms with Gasteiger partial charge in [0.15, 0.2) is 0 Å². The largest absolute Gasteiger partial charge is 0.870 e. The maximum absolute atomic E-state index is 12.3. The molecule has 0 aromatic rings. The summed E-state index contributed by atoms with van der Waals surface area (Å²) in [6.45, 7) is 4.66. The molecule has 2 unspecified atom stereocenters. The standard InChI is InChI=1S/C29H59N2O6P.H2O/c1-5-6-7-8-9-10-11-12-13-14-15-16-17-18-19-20-24-35-29(32)30-22-21-28(26-30)27-37-38(33,34)36-25-23-31(2,3)4;/h28H,5-27H2,1-4H3;1H2. The highest BCUT2D eigenvalue weighted by Gasteiger charge is 2.30. The molecule has 1 aliphatic rings. The van der Waals surface area contributed by atoms with Crippen molar-refractivity contribution in [3.05, 3.63) is 0 Å². The summed E-state index contributed by atoms with van der Waals surface area (Å²) in [5, 5.41) is 0. The van der Waals surface area contributed by atoms with Gasteiger partial charge in [-0.05, 0) is 12.8 Å². The van der Waals surface area contributed by atoms with Crippen molar-refractivity contribution in [1.29, 1.82) is 0 Å². The molecule has 1 amide bonds. The molecule has 39 heavy (non-hydrogen) atoms. The summed E-state index contributed by atoms with van der Waals surface area (Å²) < 4.78 is 28.3. The maximum Gasteiger partial charge on any atom is 0.472 e. The fourth-order valence-electron chi connectivity index (χ4n) is 4.70. The average molecular weight is 581 g/mol. The highest BCUT2D eigenvalue weighted by molar-refractivity contribution is 7.47. The molecule has 1 fully saturated rings. The summed E-state index contributed by atoms with van der Waals surface area (Å²) in [5.74, 6) is 0.0144. The number of unbranched alkanes of at least 4 members (excludes halogenated alkanes) is 15. The number of ether oxygens (including phenoxy) is 1. The van der Waals surface area contributed by atoms with Gasteiger partial charge in [0.05, 0.1) is 34.4 Å². The lowest BCUT2D eigenvalue weighted by Gasteiger charge is -2.24. The Bertz CT molecular complexity index is 646. The van der Waals surface area contributed by atoms with Crippen LogP contribution in [0.25, 0.3) is 0 Å². The second-order valence-corrected chi connectivity index (χ2v) is 13.6. The van der Waals surface area contributed by atoms with Gasteiger partial charge in [-0.25, -0.2) is 9.36 Å². The molecule has 0 aromatic carbocycles. The normalized spacial score (nSPS) is 17.2. The minimum Gasteiger partial charge on any atom is -0.870 e. The molecule has 234 valence electrons. The molecule has 2 N–H and O–H groups in total. The number of likely N-dealkylation sites (N-methyl/N-ethyl adjacent to an activating group) is 1. The van der Waals surface area contributed by atoms with Crippen LogP contribution in [0, 0.1) is 5.92 Å². The predicted molar refractivity (Wildman–Crippen MR) is 157 cm³/mol. The van der Waals surface area contributed by atoms with Crippen molar-refractivity contribution < 1.29 is 38.0 Å². The maximum atomic E-state index is 12.3. The molecule has 0 aromatic heterocycles. The number of carbonyl (C=O) groups is 1. The van der Waals surface area contributed by atoms with E-state index in [2.05, 4.69) is 6.92 Å². The Kier molecular flexibility index (Phi) is 22.5. The molecule has 0 bridgehead atoms. The molecular formula is C29H61N2O7P. The third-order valence-electron chi connectivity index (χ3n) is 7.26. The Morgan fingerprint density at radius 3 is 1.79 bits per heavy atom. The van der Waals surface area contributed by atoms with Crippen molar-refractivity contribution in [3.8, 4) is 0 Å². The molecule has 10 heteroatoms. The van der Waals surface area contributed by atoms with Crippen LogP contribution in [0.1, 0.15) is 116 Å². The van der Waals surface area contributed by atoms with Gasteiger partial charge in [-0.2, -0.15) is 0 Å². The lowest BCUT2D eigenvalue weighted by molar-refractivity contribution is -0.870. The highest BCUT2D eigenvalue weighted by Crippen LogP contribution is 2.44. The number of hydrogen-bond acceptors (Lipinski definition) is 6. The van der Waals surface area contributed by atoms with Gasteiger partial charge in [-0.3, -0.25) is 9.05 Å². The third-order valence-corrected chi connectivity index (χ3v) is 8.24. The fourth-order valence-corrected chi connectivity index (χ4v) is 5.49. The van der Waals surface area contributed by atoms with Crippen LogP contribution in [0.15, 0.2) is 0 Å². The smallest absolute Gasteiger partial charge is 0.472 e. The number of rotatable bonds is 24. The van der Waals surface area contributed by atoms with E-state index in [1.165, 1.54) is 89.9 Å². The number of likely N-dealkylation sites (tertiary alicyclic amines) is 1. The number of quaternary nitrogens is 1. The fraction of sp³-hybridized carbons (Fsp3) is 0.966. The minimum absolute atomic E-state index is 0. The lowest BCUT2D eigenvalue weighted by Crippen LogP contribution is -2.37. The molecule has 0 spiro atoms. The van der Waals surface area contributed by atoms with Crippen molar-refractivity contribution >= 4 is 13.9 Å². The Balaban J connectivity index is 0.0000144. The van der Waals surface area contributed by atoms with Gasteiger partial charge in [0.25, 0.3) is 0 Å². The third kappa shape index (κ3) is 22.6. The Morgan fingerprint density at radius 2 is 1.31 bits per heavy atom. The van der Waals surface area contributed by atoms with Crippen LogP contribution in [0.5, 0.6) is 0 Å². The van der Waals surface area contributed by atoms with Gasteiger partial charge in [-0.1, -0.05) is 103 Å². The first kappa shape index (κ1) is 38.3. The van der Waals surface area contributed by atoms with E-state index in [4.69, 9.17) is 13.8 Å². The van der Waals surface area contributed by atoms with Crippen molar-refractivity contribution in [3.63, 3.8) is 0 Å². The molecule has 0 aliphatic carbocycles. The van der Waals surface area contributed by atoms with Gasteiger partial charge >= 0.3 is 13.9 Å². The number of phosphoric ester groups is 1. The van der Waals surface area contributed by atoms with Crippen LogP contribution >= 0.6 is 7.82 Å². The zero-order chi connectivity index (χ0) is 28.1. The van der Waals surface area contributed by atoms with Crippen molar-refractivity contribution in [2.24, 2.45) is 5.92 Å². The summed E-state index contributed by atoms with van der Waals surface area (Å²) in [7, 11) is 1.89. The molecule has 1 aliphatic heterocycles. The summed E-state index contributed by atoms with van der Waals surface area (Å²) >= 11 is 0. The van der Waals surface area contributed by atoms with Crippen LogP contribution in [0.3, 0.4) is 0 Å². The van der Waals surface area contributed by atoms with Crippen LogP contribution in [0.2, 0.25) is 0 Å². The molecule has 9 nitrogen and oxygen atoms in total. The van der Waals surface area contributed by atoms with Crippen molar-refractivity contribution in [2.75, 3.05) is 60.6 Å². The second-order valence-electron chi connectivity index (χ2n) is 12.1. The van der Waals surface area contributed by atoms with Gasteiger partial charge in [0.1, 0.15) is 13.2 Å². The molecule has 0 saturated carbocycles. The average Bonchev–Trinajstić information content (AvgIpc) is 3.33. The molecule has 2 atom stereocenters. The van der Waals surface area contributed by atoms with E-state index in [1.807, 2.05) is 21.1 Å². The SMILES string of the molecule is CCCCCCCCCCCCCCCCCCOC(=O)N1CCC(COP(=O)(O)OCC[N+](C)(C)C)C1.[OH-]. The van der Waals surface area contributed by atoms with E-state index in [9.17, 15) is 14.3 Å². The van der Waals surface area contributed by atoms with Crippen LogP contribution < -0.4 is 0 Å². The van der Waals surface area contributed by atoms with Gasteiger partial charge < -0.3 is 24.5 Å². The predicted octanol–water partition coefficient (Wildman–Crippen LogP) is 7.37. The molecule has 1 saturated heterocycles.